The van der Waals surface area contributed by atoms with Crippen LogP contribution in [0.2, 0.25) is 5.02 Å². The van der Waals surface area contributed by atoms with Crippen LogP contribution in [0.4, 0.5) is 5.82 Å². The van der Waals surface area contributed by atoms with Crippen molar-refractivity contribution in [2.24, 2.45) is 17.8 Å². The number of hydrogen-bond donors (Lipinski definition) is 2. The second-order valence-corrected chi connectivity index (χ2v) is 6.07. The summed E-state index contributed by atoms with van der Waals surface area (Å²) in [6.07, 6.45) is 1.53. The summed E-state index contributed by atoms with van der Waals surface area (Å²) >= 11 is 6.03. The van der Waals surface area contributed by atoms with Crippen molar-refractivity contribution in [2.45, 2.75) is 27.7 Å². The summed E-state index contributed by atoms with van der Waals surface area (Å²) < 4.78 is 0. The Hall–Kier alpha value is -1.29. The molecular formula is C15H24ClN3O. The quantitative estimate of drug-likeness (QED) is 0.846. The van der Waals surface area contributed by atoms with E-state index in [2.05, 4.69) is 43.3 Å². The van der Waals surface area contributed by atoms with Crippen molar-refractivity contribution in [1.82, 2.24) is 10.3 Å². The second-order valence-electron chi connectivity index (χ2n) is 5.67. The van der Waals surface area contributed by atoms with Gasteiger partial charge in [-0.1, -0.05) is 39.3 Å². The molecule has 2 N–H and O–H groups in total. The summed E-state index contributed by atoms with van der Waals surface area (Å²) in [6.45, 7) is 9.38. The topological polar surface area (TPSA) is 54.0 Å². The summed E-state index contributed by atoms with van der Waals surface area (Å²) in [5.41, 5.74) is 0.486. The van der Waals surface area contributed by atoms with Crippen LogP contribution in [0.25, 0.3) is 0 Å². The minimum atomic E-state index is -0.131. The van der Waals surface area contributed by atoms with Gasteiger partial charge in [0.05, 0.1) is 10.6 Å². The number of hydrogen-bond acceptors (Lipinski definition) is 3. The van der Waals surface area contributed by atoms with Crippen LogP contribution in [0.1, 0.15) is 38.1 Å². The highest BCUT2D eigenvalue weighted by atomic mass is 35.5. The number of aromatic nitrogens is 1. The standard InChI is InChI=1S/C15H24ClN3O/c1-9(2)12(10(3)4)8-19-15(20)11-6-13(16)14(17-5)18-7-11/h6-7,9-10,12H,8H2,1-5H3,(H,17,18)(H,19,20). The van der Waals surface area contributed by atoms with Crippen molar-refractivity contribution in [3.05, 3.63) is 22.8 Å². The molecule has 0 aliphatic rings. The molecule has 0 spiro atoms. The van der Waals surface area contributed by atoms with Crippen LogP contribution in [0.15, 0.2) is 12.3 Å². The average Bonchev–Trinajstić information content (AvgIpc) is 2.37. The van der Waals surface area contributed by atoms with Crippen LogP contribution in [0.3, 0.4) is 0 Å². The lowest BCUT2D eigenvalue weighted by Gasteiger charge is -2.25. The third-order valence-electron chi connectivity index (χ3n) is 3.55. The fourth-order valence-corrected chi connectivity index (χ4v) is 2.56. The van der Waals surface area contributed by atoms with Gasteiger partial charge in [0.1, 0.15) is 5.82 Å². The van der Waals surface area contributed by atoms with Gasteiger partial charge in [0, 0.05) is 19.8 Å². The number of nitrogens with one attached hydrogen (secondary N) is 2. The van der Waals surface area contributed by atoms with E-state index in [1.54, 1.807) is 13.1 Å². The Morgan fingerprint density at radius 2 is 1.90 bits per heavy atom. The number of carbonyl (C=O) groups excluding carboxylic acids is 1. The van der Waals surface area contributed by atoms with E-state index in [-0.39, 0.29) is 5.91 Å². The number of anilines is 1. The molecule has 20 heavy (non-hydrogen) atoms. The zero-order valence-corrected chi connectivity index (χ0v) is 13.6. The van der Waals surface area contributed by atoms with Gasteiger partial charge in [0.15, 0.2) is 0 Å². The van der Waals surface area contributed by atoms with Gasteiger partial charge in [-0.15, -0.1) is 0 Å². The Morgan fingerprint density at radius 3 is 2.35 bits per heavy atom. The minimum absolute atomic E-state index is 0.131. The van der Waals surface area contributed by atoms with E-state index >= 15 is 0 Å². The predicted molar refractivity (Wildman–Crippen MR) is 84.3 cm³/mol. The number of nitrogens with zero attached hydrogens (tertiary/aromatic N) is 1. The van der Waals surface area contributed by atoms with Crippen LogP contribution in [-0.2, 0) is 0 Å². The second kappa shape index (κ2) is 7.48. The first-order chi connectivity index (χ1) is 9.36. The molecule has 5 heteroatoms. The van der Waals surface area contributed by atoms with E-state index in [1.165, 1.54) is 6.20 Å². The fourth-order valence-electron chi connectivity index (χ4n) is 2.30. The Labute approximate surface area is 126 Å². The summed E-state index contributed by atoms with van der Waals surface area (Å²) in [6, 6.07) is 1.63. The molecule has 0 saturated heterocycles. The van der Waals surface area contributed by atoms with Crippen LogP contribution < -0.4 is 10.6 Å². The van der Waals surface area contributed by atoms with Crippen LogP contribution in [-0.4, -0.2) is 24.5 Å². The van der Waals surface area contributed by atoms with Gasteiger partial charge in [0.2, 0.25) is 0 Å². The number of rotatable bonds is 6. The van der Waals surface area contributed by atoms with Gasteiger partial charge in [0.25, 0.3) is 5.91 Å². The van der Waals surface area contributed by atoms with Crippen LogP contribution in [0, 0.1) is 17.8 Å². The zero-order valence-electron chi connectivity index (χ0n) is 12.8. The number of pyridine rings is 1. The number of amides is 1. The Morgan fingerprint density at radius 1 is 1.30 bits per heavy atom. The maximum atomic E-state index is 12.1. The molecule has 0 fully saturated rings. The molecule has 0 saturated carbocycles. The van der Waals surface area contributed by atoms with Gasteiger partial charge in [-0.25, -0.2) is 4.98 Å². The minimum Gasteiger partial charge on any atom is -0.372 e. The molecule has 0 aliphatic heterocycles. The van der Waals surface area contributed by atoms with Crippen molar-refractivity contribution >= 4 is 23.3 Å². The summed E-state index contributed by atoms with van der Waals surface area (Å²) in [5, 5.41) is 6.28. The Kier molecular flexibility index (Phi) is 6.27. The molecule has 4 nitrogen and oxygen atoms in total. The lowest BCUT2D eigenvalue weighted by atomic mass is 9.85. The van der Waals surface area contributed by atoms with Crippen molar-refractivity contribution in [3.63, 3.8) is 0 Å². The van der Waals surface area contributed by atoms with Gasteiger partial charge in [-0.05, 0) is 23.8 Å². The first-order valence-electron chi connectivity index (χ1n) is 6.98. The van der Waals surface area contributed by atoms with E-state index < -0.39 is 0 Å². The molecule has 0 unspecified atom stereocenters. The number of halogens is 1. The van der Waals surface area contributed by atoms with E-state index in [9.17, 15) is 4.79 Å². The van der Waals surface area contributed by atoms with Crippen molar-refractivity contribution in [3.8, 4) is 0 Å². The third-order valence-corrected chi connectivity index (χ3v) is 3.84. The maximum absolute atomic E-state index is 12.1. The highest BCUT2D eigenvalue weighted by Crippen LogP contribution is 2.21. The number of carbonyl (C=O) groups is 1. The molecule has 1 aromatic rings. The summed E-state index contributed by atoms with van der Waals surface area (Å²) in [5.74, 6) is 1.96. The molecule has 1 rings (SSSR count). The fraction of sp³-hybridized carbons (Fsp3) is 0.600. The Balaban J connectivity index is 2.69. The normalized spacial score (nSPS) is 11.2. The first kappa shape index (κ1) is 16.8. The highest BCUT2D eigenvalue weighted by molar-refractivity contribution is 6.33. The molecule has 1 aromatic heterocycles. The smallest absolute Gasteiger partial charge is 0.252 e. The Bertz CT molecular complexity index is 452. The maximum Gasteiger partial charge on any atom is 0.252 e. The molecule has 1 heterocycles. The van der Waals surface area contributed by atoms with Crippen molar-refractivity contribution < 1.29 is 4.79 Å². The van der Waals surface area contributed by atoms with Crippen molar-refractivity contribution in [2.75, 3.05) is 18.9 Å². The van der Waals surface area contributed by atoms with E-state index in [4.69, 9.17) is 11.6 Å². The van der Waals surface area contributed by atoms with Gasteiger partial charge < -0.3 is 10.6 Å². The molecule has 0 bridgehead atoms. The molecule has 1 amide bonds. The molecule has 0 atom stereocenters. The first-order valence-corrected chi connectivity index (χ1v) is 7.36. The van der Waals surface area contributed by atoms with Crippen LogP contribution in [0.5, 0.6) is 0 Å². The summed E-state index contributed by atoms with van der Waals surface area (Å²) in [7, 11) is 1.74. The van der Waals surface area contributed by atoms with E-state index in [0.717, 1.165) is 0 Å². The lowest BCUT2D eigenvalue weighted by molar-refractivity contribution is 0.0937. The largest absolute Gasteiger partial charge is 0.372 e. The highest BCUT2D eigenvalue weighted by Gasteiger charge is 2.19. The van der Waals surface area contributed by atoms with Gasteiger partial charge >= 0.3 is 0 Å². The average molecular weight is 298 g/mol. The predicted octanol–water partition coefficient (Wildman–Crippen LogP) is 3.43. The van der Waals surface area contributed by atoms with Crippen LogP contribution >= 0.6 is 11.6 Å². The van der Waals surface area contributed by atoms with Gasteiger partial charge in [-0.3, -0.25) is 4.79 Å². The van der Waals surface area contributed by atoms with E-state index in [0.29, 0.717) is 40.7 Å². The lowest BCUT2D eigenvalue weighted by Crippen LogP contribution is -2.34. The van der Waals surface area contributed by atoms with Gasteiger partial charge in [-0.2, -0.15) is 0 Å². The SMILES string of the molecule is CNc1ncc(C(=O)NCC(C(C)C)C(C)C)cc1Cl. The van der Waals surface area contributed by atoms with Crippen molar-refractivity contribution in [1.29, 1.82) is 0 Å². The molecular weight excluding hydrogens is 274 g/mol. The third kappa shape index (κ3) is 4.37. The van der Waals surface area contributed by atoms with E-state index in [1.807, 2.05) is 0 Å². The monoisotopic (exact) mass is 297 g/mol. The molecule has 112 valence electrons. The zero-order chi connectivity index (χ0) is 15.3. The summed E-state index contributed by atoms with van der Waals surface area (Å²) in [4.78, 5) is 16.2. The molecule has 0 radical (unpaired) electrons. The molecule has 0 aliphatic carbocycles. The molecule has 0 aromatic carbocycles.